The predicted molar refractivity (Wildman–Crippen MR) is 68.8 cm³/mol. The molecule has 3 N–H and O–H groups in total. The molecule has 0 unspecified atom stereocenters. The molecule has 0 amide bonds. The monoisotopic (exact) mass is 230 g/mol. The molecular weight excluding hydrogens is 216 g/mol. The Kier molecular flexibility index (Phi) is 3.17. The van der Waals surface area contributed by atoms with Gasteiger partial charge < -0.3 is 10.7 Å². The first-order valence-electron chi connectivity index (χ1n) is 5.18. The highest BCUT2D eigenvalue weighted by Gasteiger charge is 2.08. The van der Waals surface area contributed by atoms with E-state index in [0.717, 1.165) is 21.3 Å². The molecular formula is C13H14N2S. The van der Waals surface area contributed by atoms with Crippen LogP contribution >= 0.6 is 12.2 Å². The van der Waals surface area contributed by atoms with Gasteiger partial charge in [0.1, 0.15) is 4.64 Å². The Morgan fingerprint density at radius 3 is 2.50 bits per heavy atom. The predicted octanol–water partition coefficient (Wildman–Crippen LogP) is 3.10. The number of hydrogen-bond acceptors (Lipinski definition) is 2. The molecule has 0 spiro atoms. The van der Waals surface area contributed by atoms with Gasteiger partial charge in [0.2, 0.25) is 0 Å². The standard InChI is InChI=1S/C13H14N2S/c1-9-7-11(8-15-13(9)16)12(14)10-5-3-2-4-6-10/h2-8,12H,14H2,1H3,(H,15,16)/t12-/m1/s1. The van der Waals surface area contributed by atoms with Crippen molar-refractivity contribution in [1.82, 2.24) is 4.98 Å². The molecule has 82 valence electrons. The molecule has 2 rings (SSSR count). The number of nitrogens with one attached hydrogen (secondary N) is 1. The first kappa shape index (κ1) is 11.0. The summed E-state index contributed by atoms with van der Waals surface area (Å²) in [4.78, 5) is 3.05. The van der Waals surface area contributed by atoms with Crippen molar-refractivity contribution in [3.05, 3.63) is 63.9 Å². The zero-order chi connectivity index (χ0) is 11.5. The maximum atomic E-state index is 6.18. The van der Waals surface area contributed by atoms with E-state index in [-0.39, 0.29) is 6.04 Å². The molecule has 0 radical (unpaired) electrons. The molecule has 2 aromatic rings. The van der Waals surface area contributed by atoms with E-state index in [2.05, 4.69) is 4.98 Å². The number of rotatable bonds is 2. The summed E-state index contributed by atoms with van der Waals surface area (Å²) in [5.41, 5.74) is 9.39. The zero-order valence-corrected chi connectivity index (χ0v) is 9.92. The van der Waals surface area contributed by atoms with Crippen molar-refractivity contribution in [3.8, 4) is 0 Å². The number of aromatic nitrogens is 1. The molecule has 2 nitrogen and oxygen atoms in total. The van der Waals surface area contributed by atoms with Crippen molar-refractivity contribution in [2.75, 3.05) is 0 Å². The van der Waals surface area contributed by atoms with Crippen LogP contribution in [-0.2, 0) is 0 Å². The van der Waals surface area contributed by atoms with Crippen molar-refractivity contribution in [2.24, 2.45) is 5.73 Å². The first-order chi connectivity index (χ1) is 7.68. The third-order valence-corrected chi connectivity index (χ3v) is 3.07. The number of aromatic amines is 1. The van der Waals surface area contributed by atoms with Gasteiger partial charge in [0, 0.05) is 6.20 Å². The molecule has 1 aromatic heterocycles. The topological polar surface area (TPSA) is 41.8 Å². The van der Waals surface area contributed by atoms with Crippen LogP contribution in [0.3, 0.4) is 0 Å². The van der Waals surface area contributed by atoms with E-state index in [1.165, 1.54) is 0 Å². The third kappa shape index (κ3) is 2.21. The van der Waals surface area contributed by atoms with Crippen molar-refractivity contribution in [3.63, 3.8) is 0 Å². The highest BCUT2D eigenvalue weighted by Crippen LogP contribution is 2.19. The molecule has 0 saturated carbocycles. The minimum atomic E-state index is -0.105. The molecule has 1 heterocycles. The Balaban J connectivity index is 2.38. The number of nitrogens with two attached hydrogens (primary N) is 1. The Labute approximate surface area is 100 Å². The molecule has 0 saturated heterocycles. The summed E-state index contributed by atoms with van der Waals surface area (Å²) in [6, 6.07) is 12.0. The molecule has 0 bridgehead atoms. The summed E-state index contributed by atoms with van der Waals surface area (Å²) in [5, 5.41) is 0. The summed E-state index contributed by atoms with van der Waals surface area (Å²) in [7, 11) is 0. The quantitative estimate of drug-likeness (QED) is 0.778. The molecule has 16 heavy (non-hydrogen) atoms. The van der Waals surface area contributed by atoms with Crippen molar-refractivity contribution in [1.29, 1.82) is 0 Å². The summed E-state index contributed by atoms with van der Waals surface area (Å²) in [6.45, 7) is 1.99. The second kappa shape index (κ2) is 4.60. The van der Waals surface area contributed by atoms with E-state index in [9.17, 15) is 0 Å². The minimum absolute atomic E-state index is 0.105. The Morgan fingerprint density at radius 1 is 1.19 bits per heavy atom. The van der Waals surface area contributed by atoms with E-state index < -0.39 is 0 Å². The molecule has 1 aromatic carbocycles. The average molecular weight is 230 g/mol. The Bertz CT molecular complexity index is 531. The minimum Gasteiger partial charge on any atom is -0.352 e. The first-order valence-corrected chi connectivity index (χ1v) is 5.59. The van der Waals surface area contributed by atoms with Gasteiger partial charge in [-0.15, -0.1) is 0 Å². The smallest absolute Gasteiger partial charge is 0.106 e. The van der Waals surface area contributed by atoms with E-state index in [1.807, 2.05) is 49.5 Å². The molecule has 0 aliphatic rings. The lowest BCUT2D eigenvalue weighted by Crippen LogP contribution is -2.12. The number of H-pyrrole nitrogens is 1. The van der Waals surface area contributed by atoms with Crippen LogP contribution in [0.25, 0.3) is 0 Å². The van der Waals surface area contributed by atoms with Gasteiger partial charge >= 0.3 is 0 Å². The molecule has 0 aliphatic heterocycles. The lowest BCUT2D eigenvalue weighted by Gasteiger charge is -2.12. The SMILES string of the molecule is Cc1cc([C@H](N)c2ccccc2)c[nH]c1=S. The number of hydrogen-bond donors (Lipinski definition) is 2. The molecule has 1 atom stereocenters. The number of benzene rings is 1. The Morgan fingerprint density at radius 2 is 1.88 bits per heavy atom. The number of aryl methyl sites for hydroxylation is 1. The summed E-state index contributed by atoms with van der Waals surface area (Å²) < 4.78 is 0.768. The van der Waals surface area contributed by atoms with Crippen LogP contribution in [0.1, 0.15) is 22.7 Å². The zero-order valence-electron chi connectivity index (χ0n) is 9.10. The van der Waals surface area contributed by atoms with Gasteiger partial charge in [0.15, 0.2) is 0 Å². The highest BCUT2D eigenvalue weighted by atomic mass is 32.1. The van der Waals surface area contributed by atoms with Crippen molar-refractivity contribution in [2.45, 2.75) is 13.0 Å². The third-order valence-electron chi connectivity index (χ3n) is 2.63. The normalized spacial score (nSPS) is 12.4. The largest absolute Gasteiger partial charge is 0.352 e. The maximum absolute atomic E-state index is 6.18. The second-order valence-corrected chi connectivity index (χ2v) is 4.24. The van der Waals surface area contributed by atoms with Crippen LogP contribution < -0.4 is 5.73 Å². The summed E-state index contributed by atoms with van der Waals surface area (Å²) in [5.74, 6) is 0. The fourth-order valence-electron chi connectivity index (χ4n) is 1.65. The highest BCUT2D eigenvalue weighted by molar-refractivity contribution is 7.71. The lowest BCUT2D eigenvalue weighted by molar-refractivity contribution is 0.859. The van der Waals surface area contributed by atoms with Gasteiger partial charge in [-0.2, -0.15) is 0 Å². The maximum Gasteiger partial charge on any atom is 0.106 e. The fourth-order valence-corrected chi connectivity index (χ4v) is 1.77. The van der Waals surface area contributed by atoms with Crippen LogP contribution in [0.15, 0.2) is 42.6 Å². The van der Waals surface area contributed by atoms with Crippen LogP contribution in [0, 0.1) is 11.6 Å². The van der Waals surface area contributed by atoms with Crippen molar-refractivity contribution < 1.29 is 0 Å². The van der Waals surface area contributed by atoms with Gasteiger partial charge in [-0.05, 0) is 29.7 Å². The lowest BCUT2D eigenvalue weighted by atomic mass is 10.0. The summed E-state index contributed by atoms with van der Waals surface area (Å²) >= 11 is 5.12. The van der Waals surface area contributed by atoms with Crippen molar-refractivity contribution >= 4 is 12.2 Å². The Hall–Kier alpha value is -1.45. The van der Waals surface area contributed by atoms with E-state index in [0.29, 0.717) is 0 Å². The van der Waals surface area contributed by atoms with Gasteiger partial charge in [-0.25, -0.2) is 0 Å². The van der Waals surface area contributed by atoms with Crippen LogP contribution in [0.5, 0.6) is 0 Å². The fraction of sp³-hybridized carbons (Fsp3) is 0.154. The van der Waals surface area contributed by atoms with Gasteiger partial charge in [-0.1, -0.05) is 42.5 Å². The van der Waals surface area contributed by atoms with Gasteiger partial charge in [0.25, 0.3) is 0 Å². The van der Waals surface area contributed by atoms with Crippen LogP contribution in [0.4, 0.5) is 0 Å². The number of pyridine rings is 1. The second-order valence-electron chi connectivity index (χ2n) is 3.83. The molecule has 0 aliphatic carbocycles. The molecule has 3 heteroatoms. The summed E-state index contributed by atoms with van der Waals surface area (Å²) in [6.07, 6.45) is 1.88. The van der Waals surface area contributed by atoms with Crippen LogP contribution in [-0.4, -0.2) is 4.98 Å². The average Bonchev–Trinajstić information content (AvgIpc) is 2.33. The van der Waals surface area contributed by atoms with E-state index in [4.69, 9.17) is 18.0 Å². The van der Waals surface area contributed by atoms with Gasteiger partial charge in [-0.3, -0.25) is 0 Å². The van der Waals surface area contributed by atoms with E-state index >= 15 is 0 Å². The van der Waals surface area contributed by atoms with Crippen LogP contribution in [0.2, 0.25) is 0 Å². The molecule has 0 fully saturated rings. The van der Waals surface area contributed by atoms with E-state index in [1.54, 1.807) is 0 Å². The van der Waals surface area contributed by atoms with Gasteiger partial charge in [0.05, 0.1) is 6.04 Å².